The number of nitrogens with one attached hydrogen (secondary N) is 1. The molecular formula is C16H24N2O. The van der Waals surface area contributed by atoms with E-state index in [0.29, 0.717) is 17.9 Å². The minimum atomic E-state index is 0.509. The summed E-state index contributed by atoms with van der Waals surface area (Å²) in [7, 11) is 2.09. The van der Waals surface area contributed by atoms with E-state index in [0.717, 1.165) is 13.2 Å². The highest BCUT2D eigenvalue weighted by Crippen LogP contribution is 2.36. The fourth-order valence-electron chi connectivity index (χ4n) is 3.81. The van der Waals surface area contributed by atoms with Crippen molar-refractivity contribution in [2.24, 2.45) is 5.92 Å². The second-order valence-electron chi connectivity index (χ2n) is 5.84. The molecule has 1 N–H and O–H groups in total. The summed E-state index contributed by atoms with van der Waals surface area (Å²) in [6.45, 7) is 1.84. The van der Waals surface area contributed by atoms with Crippen LogP contribution in [-0.2, 0) is 11.2 Å². The molecule has 3 heteroatoms. The van der Waals surface area contributed by atoms with E-state index in [2.05, 4.69) is 29.5 Å². The third-order valence-electron chi connectivity index (χ3n) is 4.71. The average Bonchev–Trinajstić information content (AvgIpc) is 2.49. The van der Waals surface area contributed by atoms with Crippen LogP contribution in [0.1, 0.15) is 42.9 Å². The quantitative estimate of drug-likeness (QED) is 0.907. The van der Waals surface area contributed by atoms with Gasteiger partial charge in [-0.05, 0) is 56.7 Å². The average molecular weight is 260 g/mol. The molecule has 1 aromatic rings. The molecule has 0 saturated carbocycles. The fraction of sp³-hybridized carbons (Fsp3) is 0.688. The van der Waals surface area contributed by atoms with Crippen LogP contribution in [0.3, 0.4) is 0 Å². The number of hydrogen-bond donors (Lipinski definition) is 1. The molecule has 3 atom stereocenters. The van der Waals surface area contributed by atoms with Crippen LogP contribution in [-0.4, -0.2) is 31.3 Å². The van der Waals surface area contributed by atoms with Gasteiger partial charge in [-0.2, -0.15) is 0 Å². The monoisotopic (exact) mass is 260 g/mol. The molecule has 2 heterocycles. The Morgan fingerprint density at radius 3 is 3.11 bits per heavy atom. The Labute approximate surface area is 115 Å². The maximum absolute atomic E-state index is 5.68. The number of pyridine rings is 1. The van der Waals surface area contributed by atoms with Crippen LogP contribution in [0.4, 0.5) is 0 Å². The standard InChI is InChI=1S/C16H24N2O/c1-17-15(13-7-4-10-19-11-13)14-8-2-5-12-6-3-9-18-16(12)14/h3,6,9,13-15,17H,2,4-5,7-8,10-11H2,1H3. The minimum absolute atomic E-state index is 0.509. The third-order valence-corrected chi connectivity index (χ3v) is 4.71. The molecule has 0 aromatic carbocycles. The van der Waals surface area contributed by atoms with Gasteiger partial charge in [0.05, 0.1) is 6.61 Å². The van der Waals surface area contributed by atoms with Gasteiger partial charge in [-0.1, -0.05) is 6.07 Å². The summed E-state index contributed by atoms with van der Waals surface area (Å²) < 4.78 is 5.68. The molecule has 1 saturated heterocycles. The van der Waals surface area contributed by atoms with Gasteiger partial charge in [-0.3, -0.25) is 4.98 Å². The molecular weight excluding hydrogens is 236 g/mol. The lowest BCUT2D eigenvalue weighted by molar-refractivity contribution is 0.0346. The summed E-state index contributed by atoms with van der Waals surface area (Å²) in [5, 5.41) is 3.56. The van der Waals surface area contributed by atoms with Crippen molar-refractivity contribution in [3.05, 3.63) is 29.6 Å². The molecule has 1 aliphatic heterocycles. The Bertz CT molecular complexity index is 415. The second kappa shape index (κ2) is 6.02. The molecule has 3 unspecified atom stereocenters. The normalized spacial score (nSPS) is 28.7. The van der Waals surface area contributed by atoms with Gasteiger partial charge in [-0.25, -0.2) is 0 Å². The molecule has 0 spiro atoms. The highest BCUT2D eigenvalue weighted by Gasteiger charge is 2.34. The third kappa shape index (κ3) is 2.67. The lowest BCUT2D eigenvalue weighted by Gasteiger charge is -2.37. The first-order valence-corrected chi connectivity index (χ1v) is 7.59. The van der Waals surface area contributed by atoms with Gasteiger partial charge < -0.3 is 10.1 Å². The summed E-state index contributed by atoms with van der Waals surface area (Å²) in [5.74, 6) is 1.19. The van der Waals surface area contributed by atoms with Crippen molar-refractivity contribution in [2.45, 2.75) is 44.1 Å². The fourth-order valence-corrected chi connectivity index (χ4v) is 3.81. The van der Waals surface area contributed by atoms with E-state index in [-0.39, 0.29) is 0 Å². The SMILES string of the molecule is CNC(C1CCCOC1)C1CCCc2cccnc21. The maximum atomic E-state index is 5.68. The first-order valence-electron chi connectivity index (χ1n) is 7.59. The van der Waals surface area contributed by atoms with E-state index in [1.54, 1.807) is 0 Å². The smallest absolute Gasteiger partial charge is 0.0509 e. The Hall–Kier alpha value is -0.930. The molecule has 1 aromatic heterocycles. The van der Waals surface area contributed by atoms with Crippen molar-refractivity contribution in [1.82, 2.24) is 10.3 Å². The zero-order valence-electron chi connectivity index (χ0n) is 11.8. The van der Waals surface area contributed by atoms with Crippen LogP contribution in [0.2, 0.25) is 0 Å². The van der Waals surface area contributed by atoms with Gasteiger partial charge in [0.1, 0.15) is 0 Å². The van der Waals surface area contributed by atoms with Crippen molar-refractivity contribution < 1.29 is 4.74 Å². The summed E-state index contributed by atoms with van der Waals surface area (Å²) >= 11 is 0. The van der Waals surface area contributed by atoms with Crippen molar-refractivity contribution >= 4 is 0 Å². The summed E-state index contributed by atoms with van der Waals surface area (Å²) in [4.78, 5) is 4.68. The van der Waals surface area contributed by atoms with E-state index in [9.17, 15) is 0 Å². The lowest BCUT2D eigenvalue weighted by Crippen LogP contribution is -2.43. The van der Waals surface area contributed by atoms with Crippen LogP contribution >= 0.6 is 0 Å². The number of fused-ring (bicyclic) bond motifs is 1. The van der Waals surface area contributed by atoms with Crippen molar-refractivity contribution in [3.63, 3.8) is 0 Å². The zero-order valence-corrected chi connectivity index (χ0v) is 11.8. The summed E-state index contributed by atoms with van der Waals surface area (Å²) in [6.07, 6.45) is 8.16. The molecule has 104 valence electrons. The van der Waals surface area contributed by atoms with Crippen LogP contribution in [0.25, 0.3) is 0 Å². The highest BCUT2D eigenvalue weighted by molar-refractivity contribution is 5.27. The first-order chi connectivity index (χ1) is 9.40. The summed E-state index contributed by atoms with van der Waals surface area (Å²) in [6, 6.07) is 4.83. The highest BCUT2D eigenvalue weighted by atomic mass is 16.5. The van der Waals surface area contributed by atoms with Gasteiger partial charge in [-0.15, -0.1) is 0 Å². The van der Waals surface area contributed by atoms with E-state index in [4.69, 9.17) is 4.74 Å². The summed E-state index contributed by atoms with van der Waals surface area (Å²) in [5.41, 5.74) is 2.79. The van der Waals surface area contributed by atoms with Crippen molar-refractivity contribution in [1.29, 1.82) is 0 Å². The molecule has 2 aliphatic rings. The minimum Gasteiger partial charge on any atom is -0.381 e. The second-order valence-corrected chi connectivity index (χ2v) is 5.84. The van der Waals surface area contributed by atoms with Crippen molar-refractivity contribution in [2.75, 3.05) is 20.3 Å². The van der Waals surface area contributed by atoms with Gasteiger partial charge in [0.25, 0.3) is 0 Å². The van der Waals surface area contributed by atoms with Crippen LogP contribution in [0.5, 0.6) is 0 Å². The molecule has 0 amide bonds. The Kier molecular flexibility index (Phi) is 4.14. The Balaban J connectivity index is 1.83. The first kappa shape index (κ1) is 13.1. The number of rotatable bonds is 3. The van der Waals surface area contributed by atoms with Gasteiger partial charge >= 0.3 is 0 Å². The van der Waals surface area contributed by atoms with E-state index >= 15 is 0 Å². The molecule has 3 rings (SSSR count). The molecule has 1 aliphatic carbocycles. The Morgan fingerprint density at radius 1 is 1.37 bits per heavy atom. The Morgan fingerprint density at radius 2 is 2.32 bits per heavy atom. The van der Waals surface area contributed by atoms with Crippen LogP contribution < -0.4 is 5.32 Å². The topological polar surface area (TPSA) is 34.1 Å². The number of hydrogen-bond acceptors (Lipinski definition) is 3. The molecule has 19 heavy (non-hydrogen) atoms. The largest absolute Gasteiger partial charge is 0.381 e. The van der Waals surface area contributed by atoms with Crippen LogP contribution in [0.15, 0.2) is 18.3 Å². The number of ether oxygens (including phenoxy) is 1. The van der Waals surface area contributed by atoms with E-state index in [1.807, 2.05) is 6.20 Å². The lowest BCUT2D eigenvalue weighted by atomic mass is 9.76. The van der Waals surface area contributed by atoms with Crippen molar-refractivity contribution in [3.8, 4) is 0 Å². The molecule has 3 nitrogen and oxygen atoms in total. The predicted molar refractivity (Wildman–Crippen MR) is 76.3 cm³/mol. The molecule has 1 fully saturated rings. The maximum Gasteiger partial charge on any atom is 0.0509 e. The van der Waals surface area contributed by atoms with E-state index < -0.39 is 0 Å². The zero-order chi connectivity index (χ0) is 13.1. The molecule has 0 radical (unpaired) electrons. The predicted octanol–water partition coefficient (Wildman–Crippen LogP) is 2.52. The van der Waals surface area contributed by atoms with Gasteiger partial charge in [0, 0.05) is 30.5 Å². The number of aromatic nitrogens is 1. The number of aryl methyl sites for hydroxylation is 1. The van der Waals surface area contributed by atoms with Gasteiger partial charge in [0.2, 0.25) is 0 Å². The number of likely N-dealkylation sites (N-methyl/N-ethyl adjacent to an activating group) is 1. The van der Waals surface area contributed by atoms with Gasteiger partial charge in [0.15, 0.2) is 0 Å². The number of nitrogens with zero attached hydrogens (tertiary/aromatic N) is 1. The molecule has 0 bridgehead atoms. The van der Waals surface area contributed by atoms with Crippen LogP contribution in [0, 0.1) is 5.92 Å². The van der Waals surface area contributed by atoms with E-state index in [1.165, 1.54) is 43.4 Å².